The maximum atomic E-state index is 12.5. The maximum absolute atomic E-state index is 12.5. The topological polar surface area (TPSA) is 66.8 Å². The minimum absolute atomic E-state index is 0.0996. The van der Waals surface area contributed by atoms with Crippen LogP contribution in [0.1, 0.15) is 13.3 Å². The average molecular weight is 358 g/mol. The van der Waals surface area contributed by atoms with Gasteiger partial charge in [-0.1, -0.05) is 22.5 Å². The fourth-order valence-electron chi connectivity index (χ4n) is 1.33. The summed E-state index contributed by atoms with van der Waals surface area (Å²) in [4.78, 5) is 22.5. The minimum Gasteiger partial charge on any atom is -0.480 e. The van der Waals surface area contributed by atoms with Crippen molar-refractivity contribution < 1.29 is 32.6 Å². The molecule has 0 aromatic heterocycles. The van der Waals surface area contributed by atoms with E-state index in [1.807, 2.05) is 0 Å². The van der Waals surface area contributed by atoms with Crippen LogP contribution in [0.15, 0.2) is 0 Å². The number of hydrogen-bond acceptors (Lipinski definition) is 3. The third kappa shape index (κ3) is 6.92. The molecule has 0 spiro atoms. The highest BCUT2D eigenvalue weighted by atomic mass is 35.9. The highest BCUT2D eigenvalue weighted by Gasteiger charge is 2.46. The second-order valence-electron chi connectivity index (χ2n) is 3.56. The lowest BCUT2D eigenvalue weighted by Gasteiger charge is -2.29. The van der Waals surface area contributed by atoms with Gasteiger partial charge in [0, 0.05) is 19.6 Å². The first kappa shape index (κ1) is 19.7. The second-order valence-corrected chi connectivity index (χ2v) is 7.41. The Hall–Kier alpha value is -0.300. The number of carboxylic acid groups (broad SMARTS) is 1. The van der Waals surface area contributed by atoms with Gasteiger partial charge in [-0.2, -0.15) is 13.2 Å². The smallest absolute Gasteiger partial charge is 0.471 e. The van der Waals surface area contributed by atoms with Gasteiger partial charge in [-0.25, -0.2) is 4.79 Å². The van der Waals surface area contributed by atoms with Crippen molar-refractivity contribution in [1.29, 1.82) is 0 Å². The second kappa shape index (κ2) is 8.87. The van der Waals surface area contributed by atoms with Crippen LogP contribution in [0.3, 0.4) is 0 Å². The normalized spacial score (nSPS) is 13.3. The van der Waals surface area contributed by atoms with E-state index in [0.29, 0.717) is 0 Å². The molecule has 1 atom stereocenters. The zero-order valence-corrected chi connectivity index (χ0v) is 12.8. The van der Waals surface area contributed by atoms with Crippen LogP contribution in [-0.2, 0) is 14.3 Å². The highest BCUT2D eigenvalue weighted by molar-refractivity contribution is 8.03. The lowest BCUT2D eigenvalue weighted by molar-refractivity contribution is -0.189. The molecule has 118 valence electrons. The minimum atomic E-state index is -5.20. The fourth-order valence-corrected chi connectivity index (χ4v) is 2.58. The molecule has 0 bridgehead atoms. The molecule has 20 heavy (non-hydrogen) atoms. The van der Waals surface area contributed by atoms with Crippen LogP contribution >= 0.6 is 29.1 Å². The Morgan fingerprint density at radius 3 is 2.30 bits per heavy atom. The summed E-state index contributed by atoms with van der Waals surface area (Å²) in [5, 5.41) is 8.97. The number of nitrogens with zero attached hydrogens (tertiary/aromatic N) is 1. The summed E-state index contributed by atoms with van der Waals surface area (Å²) >= 11 is 10.8. The van der Waals surface area contributed by atoms with Gasteiger partial charge in [0.15, 0.2) is 0 Å². The van der Waals surface area contributed by atoms with Crippen LogP contribution < -0.4 is 0 Å². The average Bonchev–Trinajstić information content (AvgIpc) is 2.29. The molecule has 0 radical (unpaired) electrons. The van der Waals surface area contributed by atoms with Crippen LogP contribution in [0.5, 0.6) is 0 Å². The van der Waals surface area contributed by atoms with E-state index in [1.54, 1.807) is 6.92 Å². The van der Waals surface area contributed by atoms with Crippen molar-refractivity contribution in [3.05, 3.63) is 0 Å². The number of halogens is 5. The van der Waals surface area contributed by atoms with Gasteiger partial charge in [-0.3, -0.25) is 4.79 Å². The molecule has 0 aromatic carbocycles. The molecular weight excluding hydrogens is 345 g/mol. The number of aliphatic carboxylic acids is 1. The first-order chi connectivity index (χ1) is 9.11. The van der Waals surface area contributed by atoms with Crippen molar-refractivity contribution in [3.63, 3.8) is 0 Å². The molecule has 0 aliphatic heterocycles. The van der Waals surface area contributed by atoms with E-state index in [4.69, 9.17) is 32.3 Å². The molecule has 1 amide bonds. The van der Waals surface area contributed by atoms with Crippen molar-refractivity contribution in [2.24, 2.45) is 0 Å². The van der Waals surface area contributed by atoms with Gasteiger partial charge >= 0.3 is 18.1 Å². The molecule has 0 fully saturated rings. The Morgan fingerprint density at radius 1 is 1.40 bits per heavy atom. The van der Waals surface area contributed by atoms with E-state index in [2.05, 4.69) is 0 Å². The number of ether oxygens (including phenoxy) is 1. The van der Waals surface area contributed by atoms with Crippen molar-refractivity contribution in [1.82, 2.24) is 4.90 Å². The molecule has 0 aromatic rings. The number of alkyl halides is 3. The summed E-state index contributed by atoms with van der Waals surface area (Å²) in [6.45, 7) is -0.130. The molecule has 5 nitrogen and oxygen atoms in total. The summed E-state index contributed by atoms with van der Waals surface area (Å²) in [7, 11) is 0. The van der Waals surface area contributed by atoms with E-state index in [0.717, 1.165) is 0 Å². The molecule has 0 rings (SSSR count). The molecule has 0 saturated heterocycles. The zero-order valence-electron chi connectivity index (χ0n) is 10.4. The lowest BCUT2D eigenvalue weighted by Crippen LogP contribution is -2.50. The first-order valence-electron chi connectivity index (χ1n) is 5.38. The maximum Gasteiger partial charge on any atom is 0.471 e. The number of rotatable bonds is 8. The predicted octanol–water partition coefficient (Wildman–Crippen LogP) is 3.00. The third-order valence-corrected chi connectivity index (χ3v) is 3.32. The fraction of sp³-hybridized carbons (Fsp3) is 0.778. The molecule has 0 aliphatic carbocycles. The van der Waals surface area contributed by atoms with Crippen molar-refractivity contribution in [2.45, 2.75) is 25.6 Å². The molecule has 1 N–H and O–H groups in total. The lowest BCUT2D eigenvalue weighted by atomic mass is 10.2. The summed E-state index contributed by atoms with van der Waals surface area (Å²) in [5.41, 5.74) is 0. The molecule has 0 saturated carbocycles. The third-order valence-electron chi connectivity index (χ3n) is 2.16. The molecule has 0 heterocycles. The Kier molecular flexibility index (Phi) is 8.74. The van der Waals surface area contributed by atoms with E-state index in [-0.39, 0.29) is 24.5 Å². The van der Waals surface area contributed by atoms with Gasteiger partial charge in [0.1, 0.15) is 12.7 Å². The number of carboxylic acids is 1. The van der Waals surface area contributed by atoms with Crippen LogP contribution in [-0.4, -0.2) is 53.6 Å². The molecule has 0 aliphatic rings. The van der Waals surface area contributed by atoms with E-state index in [1.165, 1.54) is 0 Å². The Bertz CT molecular complexity index is 344. The molecule has 11 heteroatoms. The predicted molar refractivity (Wildman–Crippen MR) is 68.9 cm³/mol. The Morgan fingerprint density at radius 2 is 1.95 bits per heavy atom. The number of amides is 1. The summed E-state index contributed by atoms with van der Waals surface area (Å²) < 4.78 is 42.3. The van der Waals surface area contributed by atoms with Gasteiger partial charge in [0.05, 0.1) is 6.29 Å². The van der Waals surface area contributed by atoms with Crippen molar-refractivity contribution in [2.75, 3.05) is 19.5 Å². The van der Waals surface area contributed by atoms with E-state index >= 15 is 0 Å². The summed E-state index contributed by atoms with van der Waals surface area (Å²) in [6, 6.07) is -1.70. The Labute approximate surface area is 124 Å². The Balaban J connectivity index is 5.11. The van der Waals surface area contributed by atoms with Crippen LogP contribution in [0, 0.1) is 0 Å². The highest BCUT2D eigenvalue weighted by Crippen LogP contribution is 2.48. The largest absolute Gasteiger partial charge is 0.480 e. The van der Waals surface area contributed by atoms with Crippen LogP contribution in [0.2, 0.25) is 0 Å². The van der Waals surface area contributed by atoms with Crippen molar-refractivity contribution >= 4 is 41.0 Å². The molecular formula is C9H13Cl2F3NO4P. The zero-order chi connectivity index (χ0) is 15.9. The first-order valence-corrected chi connectivity index (χ1v) is 8.72. The van der Waals surface area contributed by atoms with Gasteiger partial charge in [-0.05, 0) is 6.92 Å². The number of hydrogen-bond donors (Lipinski definition) is 1. The van der Waals surface area contributed by atoms with Gasteiger partial charge < -0.3 is 14.7 Å². The standard InChI is InChI=1S/C9H13Cl2F3NO4P/c1-2-19-4-3-6(7(16)17)15(5-20(10)11)8(18)9(12,13)14/h6H,2-5H2,1H3,(H,16,17). The quantitative estimate of drug-likeness (QED) is 0.535. The van der Waals surface area contributed by atoms with Gasteiger partial charge in [-0.15, -0.1) is 0 Å². The summed E-state index contributed by atoms with van der Waals surface area (Å²) in [5.74, 6) is -3.86. The SMILES string of the molecule is CCOCCC(C(=O)O)N(CP(Cl)Cl)C(=O)C(F)(F)F. The monoisotopic (exact) mass is 357 g/mol. The molecule has 1 unspecified atom stereocenters. The number of carbonyl (C=O) groups is 2. The van der Waals surface area contributed by atoms with E-state index in [9.17, 15) is 22.8 Å². The summed E-state index contributed by atoms with van der Waals surface area (Å²) in [6.07, 6.45) is -6.17. The van der Waals surface area contributed by atoms with Gasteiger partial charge in [0.25, 0.3) is 0 Å². The van der Waals surface area contributed by atoms with Crippen LogP contribution in [0.4, 0.5) is 13.2 Å². The number of carbonyl (C=O) groups excluding carboxylic acids is 1. The van der Waals surface area contributed by atoms with Crippen molar-refractivity contribution in [3.8, 4) is 0 Å². The van der Waals surface area contributed by atoms with Crippen LogP contribution in [0.25, 0.3) is 0 Å². The van der Waals surface area contributed by atoms with E-state index < -0.39 is 37.0 Å². The van der Waals surface area contributed by atoms with Gasteiger partial charge in [0.2, 0.25) is 0 Å².